The smallest absolute Gasteiger partial charge is 0.306 e. The number of hydrogen-bond acceptors (Lipinski definition) is 6. The SMILES string of the molecule is CC/C=C\C/C=C\C/C=C\C/C=C\C/C=C\CCCCCCCCCC(=O)OCC(COC(=O)CCCCCCCCCCCCCCCCCC)OC(=O)CCCCCCCCCCC/C=C\C/C=C\CCCCC. The minimum absolute atomic E-state index is 0.0788. The van der Waals surface area contributed by atoms with Crippen molar-refractivity contribution in [3.8, 4) is 0 Å². The van der Waals surface area contributed by atoms with Gasteiger partial charge in [-0.15, -0.1) is 0 Å². The van der Waals surface area contributed by atoms with E-state index in [1.165, 1.54) is 180 Å². The van der Waals surface area contributed by atoms with Gasteiger partial charge in [-0.05, 0) is 96.3 Å². The highest BCUT2D eigenvalue weighted by Crippen LogP contribution is 2.17. The van der Waals surface area contributed by atoms with Crippen molar-refractivity contribution in [3.05, 3.63) is 85.1 Å². The van der Waals surface area contributed by atoms with Crippen molar-refractivity contribution >= 4 is 17.9 Å². The summed E-state index contributed by atoms with van der Waals surface area (Å²) in [5, 5.41) is 0. The van der Waals surface area contributed by atoms with Crippen LogP contribution in [0.1, 0.15) is 323 Å². The summed E-state index contributed by atoms with van der Waals surface area (Å²) >= 11 is 0. The highest BCUT2D eigenvalue weighted by Gasteiger charge is 2.19. The first-order valence-electron chi connectivity index (χ1n) is 32.6. The molecule has 0 aromatic carbocycles. The summed E-state index contributed by atoms with van der Waals surface area (Å²) in [6.45, 7) is 6.53. The molecule has 0 aliphatic rings. The van der Waals surface area contributed by atoms with Crippen LogP contribution in [0, 0.1) is 0 Å². The predicted octanol–water partition coefficient (Wildman–Crippen LogP) is 22.3. The zero-order chi connectivity index (χ0) is 55.0. The minimum atomic E-state index is -0.784. The van der Waals surface area contributed by atoms with E-state index in [1.807, 2.05) is 0 Å². The molecule has 0 spiro atoms. The summed E-state index contributed by atoms with van der Waals surface area (Å²) in [5.41, 5.74) is 0. The Morgan fingerprint density at radius 2 is 0.513 bits per heavy atom. The highest BCUT2D eigenvalue weighted by molar-refractivity contribution is 5.71. The maximum Gasteiger partial charge on any atom is 0.306 e. The van der Waals surface area contributed by atoms with E-state index >= 15 is 0 Å². The van der Waals surface area contributed by atoms with Gasteiger partial charge >= 0.3 is 17.9 Å². The van der Waals surface area contributed by atoms with E-state index in [0.29, 0.717) is 19.3 Å². The molecule has 438 valence electrons. The van der Waals surface area contributed by atoms with E-state index in [2.05, 4.69) is 106 Å². The van der Waals surface area contributed by atoms with Crippen molar-refractivity contribution in [2.75, 3.05) is 13.2 Å². The van der Waals surface area contributed by atoms with Crippen LogP contribution in [0.5, 0.6) is 0 Å². The average molecular weight is 1060 g/mol. The Morgan fingerprint density at radius 1 is 0.276 bits per heavy atom. The molecule has 0 bridgehead atoms. The maximum atomic E-state index is 12.9. The summed E-state index contributed by atoms with van der Waals surface area (Å²) in [6.07, 6.45) is 84.4. The topological polar surface area (TPSA) is 78.9 Å². The van der Waals surface area contributed by atoms with Crippen molar-refractivity contribution in [1.82, 2.24) is 0 Å². The normalized spacial score (nSPS) is 12.6. The molecule has 0 saturated carbocycles. The third kappa shape index (κ3) is 61.4. The molecule has 6 nitrogen and oxygen atoms in total. The van der Waals surface area contributed by atoms with Gasteiger partial charge in [0.15, 0.2) is 6.10 Å². The van der Waals surface area contributed by atoms with E-state index in [4.69, 9.17) is 14.2 Å². The number of unbranched alkanes of at least 4 members (excludes halogenated alkanes) is 34. The number of esters is 3. The molecule has 1 unspecified atom stereocenters. The molecular weight excluding hydrogens is 937 g/mol. The van der Waals surface area contributed by atoms with Crippen molar-refractivity contribution in [2.45, 2.75) is 329 Å². The number of rotatable bonds is 59. The second-order valence-electron chi connectivity index (χ2n) is 21.6. The summed E-state index contributed by atoms with van der Waals surface area (Å²) in [7, 11) is 0. The van der Waals surface area contributed by atoms with Crippen LogP contribution in [0.15, 0.2) is 85.1 Å². The number of ether oxygens (including phenoxy) is 3. The number of allylic oxidation sites excluding steroid dienone is 14. The zero-order valence-corrected chi connectivity index (χ0v) is 50.3. The van der Waals surface area contributed by atoms with Crippen LogP contribution < -0.4 is 0 Å². The molecule has 0 heterocycles. The van der Waals surface area contributed by atoms with Gasteiger partial charge in [0.25, 0.3) is 0 Å². The standard InChI is InChI=1S/C70H122O6/c1-4-7-10-13-16-19-22-25-28-31-33-34-35-36-38-39-42-45-48-51-54-57-60-63-69(72)75-66-67(65-74-68(71)62-59-56-53-50-47-44-41-30-27-24-21-18-15-12-9-6-3)76-70(73)64-61-58-55-52-49-46-43-40-37-32-29-26-23-20-17-14-11-8-5-2/h7,10,16-17,19-20,25-26,28-29,33-34,36,38,67H,4-6,8-9,11-15,18,21-24,27,30-32,35,37,39-66H2,1-3H3/b10-7-,19-16-,20-17-,28-25-,29-26-,34-33-,38-36-. The Balaban J connectivity index is 4.38. The fourth-order valence-corrected chi connectivity index (χ4v) is 9.27. The van der Waals surface area contributed by atoms with Gasteiger partial charge in [-0.25, -0.2) is 0 Å². The molecule has 0 aromatic heterocycles. The summed E-state index contributed by atoms with van der Waals surface area (Å²) in [6, 6.07) is 0. The van der Waals surface area contributed by atoms with E-state index in [9.17, 15) is 14.4 Å². The molecule has 0 aromatic rings. The number of hydrogen-bond donors (Lipinski definition) is 0. The summed E-state index contributed by atoms with van der Waals surface area (Å²) in [4.78, 5) is 38.4. The fourth-order valence-electron chi connectivity index (χ4n) is 9.27. The highest BCUT2D eigenvalue weighted by atomic mass is 16.6. The van der Waals surface area contributed by atoms with Crippen molar-refractivity contribution in [1.29, 1.82) is 0 Å². The van der Waals surface area contributed by atoms with Crippen LogP contribution >= 0.6 is 0 Å². The zero-order valence-electron chi connectivity index (χ0n) is 50.3. The van der Waals surface area contributed by atoms with E-state index < -0.39 is 6.10 Å². The predicted molar refractivity (Wildman–Crippen MR) is 330 cm³/mol. The fraction of sp³-hybridized carbons (Fsp3) is 0.757. The molecule has 0 aliphatic heterocycles. The average Bonchev–Trinajstić information content (AvgIpc) is 3.42. The lowest BCUT2D eigenvalue weighted by atomic mass is 10.0. The third-order valence-electron chi connectivity index (χ3n) is 14.1. The van der Waals surface area contributed by atoms with Crippen LogP contribution in [0.25, 0.3) is 0 Å². The minimum Gasteiger partial charge on any atom is -0.462 e. The Morgan fingerprint density at radius 3 is 0.829 bits per heavy atom. The summed E-state index contributed by atoms with van der Waals surface area (Å²) in [5.74, 6) is -0.879. The van der Waals surface area contributed by atoms with Gasteiger partial charge in [-0.2, -0.15) is 0 Å². The van der Waals surface area contributed by atoms with E-state index in [0.717, 1.165) is 103 Å². The molecule has 0 rings (SSSR count). The van der Waals surface area contributed by atoms with Gasteiger partial charge in [0.2, 0.25) is 0 Å². The lowest BCUT2D eigenvalue weighted by Gasteiger charge is -2.18. The van der Waals surface area contributed by atoms with Gasteiger partial charge < -0.3 is 14.2 Å². The quantitative estimate of drug-likeness (QED) is 0.0261. The molecule has 76 heavy (non-hydrogen) atoms. The first kappa shape index (κ1) is 72.6. The van der Waals surface area contributed by atoms with Crippen molar-refractivity contribution in [3.63, 3.8) is 0 Å². The van der Waals surface area contributed by atoms with Gasteiger partial charge in [-0.1, -0.05) is 292 Å². The molecule has 0 saturated heterocycles. The molecule has 0 radical (unpaired) electrons. The lowest BCUT2D eigenvalue weighted by molar-refractivity contribution is -0.167. The third-order valence-corrected chi connectivity index (χ3v) is 14.1. The van der Waals surface area contributed by atoms with Crippen LogP contribution in [0.4, 0.5) is 0 Å². The molecule has 0 aliphatic carbocycles. The Hall–Kier alpha value is -3.41. The molecular formula is C70H122O6. The second-order valence-corrected chi connectivity index (χ2v) is 21.6. The monoisotopic (exact) mass is 1060 g/mol. The van der Waals surface area contributed by atoms with Gasteiger partial charge in [0.05, 0.1) is 0 Å². The molecule has 1 atom stereocenters. The maximum absolute atomic E-state index is 12.9. The lowest BCUT2D eigenvalue weighted by Crippen LogP contribution is -2.30. The molecule has 0 N–H and O–H groups in total. The van der Waals surface area contributed by atoms with Crippen molar-refractivity contribution in [2.24, 2.45) is 0 Å². The van der Waals surface area contributed by atoms with E-state index in [-0.39, 0.29) is 31.1 Å². The Labute approximate surface area is 471 Å². The second kappa shape index (κ2) is 64.1. The molecule has 0 fully saturated rings. The Kier molecular flexibility index (Phi) is 61.2. The Bertz CT molecular complexity index is 1450. The van der Waals surface area contributed by atoms with Gasteiger partial charge in [0, 0.05) is 19.3 Å². The number of carbonyl (C=O) groups is 3. The largest absolute Gasteiger partial charge is 0.462 e. The first-order chi connectivity index (χ1) is 37.5. The summed E-state index contributed by atoms with van der Waals surface area (Å²) < 4.78 is 17.0. The first-order valence-corrected chi connectivity index (χ1v) is 32.6. The number of carbonyl (C=O) groups excluding carboxylic acids is 3. The molecule has 0 amide bonds. The van der Waals surface area contributed by atoms with Crippen molar-refractivity contribution < 1.29 is 28.6 Å². The van der Waals surface area contributed by atoms with Crippen LogP contribution in [-0.2, 0) is 28.6 Å². The molecule has 6 heteroatoms. The van der Waals surface area contributed by atoms with E-state index in [1.54, 1.807) is 0 Å². The van der Waals surface area contributed by atoms with Crippen LogP contribution in [-0.4, -0.2) is 37.2 Å². The van der Waals surface area contributed by atoms with Gasteiger partial charge in [0.1, 0.15) is 13.2 Å². The van der Waals surface area contributed by atoms with Gasteiger partial charge in [-0.3, -0.25) is 14.4 Å². The van der Waals surface area contributed by atoms with Crippen LogP contribution in [0.2, 0.25) is 0 Å². The van der Waals surface area contributed by atoms with Crippen LogP contribution in [0.3, 0.4) is 0 Å².